The number of fused-ring (bicyclic) bond motifs is 9. The van der Waals surface area contributed by atoms with Gasteiger partial charge in [-0.3, -0.25) is 0 Å². The van der Waals surface area contributed by atoms with Gasteiger partial charge >= 0.3 is 0 Å². The van der Waals surface area contributed by atoms with Gasteiger partial charge in [-0.15, -0.1) is 0 Å². The minimum absolute atomic E-state index is 0.988. The topological polar surface area (TPSA) is 22.8 Å². The molecule has 0 bridgehead atoms. The van der Waals surface area contributed by atoms with Crippen LogP contribution in [0.1, 0.15) is 0 Å². The Morgan fingerprint density at radius 3 is 1.56 bits per heavy atom. The minimum Gasteiger partial charge on any atom is -0.309 e. The predicted molar refractivity (Wildman–Crippen MR) is 226 cm³/mol. The van der Waals surface area contributed by atoms with Gasteiger partial charge in [-0.2, -0.15) is 0 Å². The number of benzene rings is 8. The molecule has 12 rings (SSSR count). The van der Waals surface area contributed by atoms with E-state index in [-0.39, 0.29) is 0 Å². The first kappa shape index (κ1) is 29.4. The lowest BCUT2D eigenvalue weighted by molar-refractivity contribution is 1.18. The van der Waals surface area contributed by atoms with Crippen LogP contribution in [-0.4, -0.2) is 14.1 Å². The normalized spacial score (nSPS) is 12.1. The van der Waals surface area contributed by atoms with Crippen LogP contribution in [0.5, 0.6) is 0 Å². The van der Waals surface area contributed by atoms with Crippen LogP contribution in [0.3, 0.4) is 0 Å². The predicted octanol–water partition coefficient (Wildman–Crippen LogP) is 13.4. The zero-order chi connectivity index (χ0) is 35.3. The van der Waals surface area contributed by atoms with E-state index in [0.717, 1.165) is 22.5 Å². The van der Waals surface area contributed by atoms with Crippen LogP contribution in [0.4, 0.5) is 0 Å². The smallest absolute Gasteiger partial charge is 0.0722 e. The Kier molecular flexibility index (Phi) is 6.05. The summed E-state index contributed by atoms with van der Waals surface area (Å²) in [5, 5.41) is 6.21. The first-order valence-electron chi connectivity index (χ1n) is 18.6. The number of hydrogen-bond acceptors (Lipinski definition) is 1. The van der Waals surface area contributed by atoms with Crippen LogP contribution in [0.2, 0.25) is 0 Å². The van der Waals surface area contributed by atoms with E-state index in [1.165, 1.54) is 88.1 Å². The van der Waals surface area contributed by atoms with Gasteiger partial charge in [0.2, 0.25) is 0 Å². The van der Waals surface area contributed by atoms with E-state index in [1.54, 1.807) is 0 Å². The third-order valence-corrected chi connectivity index (χ3v) is 11.4. The summed E-state index contributed by atoms with van der Waals surface area (Å²) in [7, 11) is 0. The molecule has 3 nitrogen and oxygen atoms in total. The lowest BCUT2D eigenvalue weighted by atomic mass is 9.99. The average Bonchev–Trinajstić information content (AvgIpc) is 3.87. The molecule has 3 heteroatoms. The molecular formula is C51H31N3. The Hall–Kier alpha value is -7.23. The van der Waals surface area contributed by atoms with Gasteiger partial charge in [0.15, 0.2) is 0 Å². The van der Waals surface area contributed by atoms with Crippen LogP contribution < -0.4 is 0 Å². The first-order chi connectivity index (χ1) is 26.8. The second kappa shape index (κ2) is 11.1. The molecule has 8 aromatic carbocycles. The molecule has 1 aliphatic carbocycles. The number of aromatic nitrogens is 3. The third-order valence-electron chi connectivity index (χ3n) is 11.4. The van der Waals surface area contributed by atoms with Gasteiger partial charge in [0, 0.05) is 43.9 Å². The monoisotopic (exact) mass is 685 g/mol. The number of para-hydroxylation sites is 3. The van der Waals surface area contributed by atoms with Gasteiger partial charge in [-0.1, -0.05) is 115 Å². The molecule has 11 aromatic rings. The fraction of sp³-hybridized carbons (Fsp3) is 0. The van der Waals surface area contributed by atoms with Gasteiger partial charge in [0.25, 0.3) is 0 Å². The highest BCUT2D eigenvalue weighted by Gasteiger charge is 2.23. The molecule has 1 aliphatic rings. The van der Waals surface area contributed by atoms with Crippen molar-refractivity contribution < 1.29 is 0 Å². The van der Waals surface area contributed by atoms with Gasteiger partial charge in [0.1, 0.15) is 0 Å². The van der Waals surface area contributed by atoms with Crippen molar-refractivity contribution in [3.63, 3.8) is 0 Å². The van der Waals surface area contributed by atoms with Crippen molar-refractivity contribution in [1.82, 2.24) is 14.1 Å². The second-order valence-electron chi connectivity index (χ2n) is 14.4. The van der Waals surface area contributed by atoms with Crippen molar-refractivity contribution in [1.29, 1.82) is 0 Å². The molecule has 0 spiro atoms. The Bertz CT molecular complexity index is 3310. The SMILES string of the molecule is c1ccc(-n2c3ccccc3c3cc(-c4ccc5c(c4)c4ccc(-c6cc7c8c(cccc8n6)-c6ccccc6-7)cc4n5-c4ccccc4)ccc32)cc1. The van der Waals surface area contributed by atoms with Gasteiger partial charge < -0.3 is 9.13 Å². The summed E-state index contributed by atoms with van der Waals surface area (Å²) in [5.74, 6) is 0. The fourth-order valence-electron chi connectivity index (χ4n) is 9.05. The first-order valence-corrected chi connectivity index (χ1v) is 18.6. The maximum atomic E-state index is 5.26. The zero-order valence-electron chi connectivity index (χ0n) is 29.2. The van der Waals surface area contributed by atoms with Crippen molar-refractivity contribution in [2.75, 3.05) is 0 Å². The van der Waals surface area contributed by atoms with Gasteiger partial charge in [-0.25, -0.2) is 4.98 Å². The molecule has 0 saturated heterocycles. The molecular weight excluding hydrogens is 655 g/mol. The van der Waals surface area contributed by atoms with E-state index in [0.29, 0.717) is 0 Å². The van der Waals surface area contributed by atoms with Gasteiger partial charge in [-0.05, 0) is 106 Å². The van der Waals surface area contributed by atoms with Crippen molar-refractivity contribution in [2.24, 2.45) is 0 Å². The second-order valence-corrected chi connectivity index (χ2v) is 14.4. The van der Waals surface area contributed by atoms with E-state index in [9.17, 15) is 0 Å². The van der Waals surface area contributed by atoms with Crippen LogP contribution in [0.15, 0.2) is 188 Å². The average molecular weight is 686 g/mol. The highest BCUT2D eigenvalue weighted by molar-refractivity contribution is 6.16. The molecule has 0 N–H and O–H groups in total. The minimum atomic E-state index is 0.988. The summed E-state index contributed by atoms with van der Waals surface area (Å²) in [5.41, 5.74) is 17.7. The van der Waals surface area contributed by atoms with Crippen LogP contribution in [-0.2, 0) is 0 Å². The fourth-order valence-corrected chi connectivity index (χ4v) is 9.05. The summed E-state index contributed by atoms with van der Waals surface area (Å²) in [4.78, 5) is 5.26. The van der Waals surface area contributed by atoms with Crippen LogP contribution >= 0.6 is 0 Å². The zero-order valence-corrected chi connectivity index (χ0v) is 29.2. The summed E-state index contributed by atoms with van der Waals surface area (Å²) in [6.07, 6.45) is 0. The van der Waals surface area contributed by atoms with E-state index in [4.69, 9.17) is 4.98 Å². The maximum absolute atomic E-state index is 5.26. The van der Waals surface area contributed by atoms with E-state index in [1.807, 2.05) is 0 Å². The number of pyridine rings is 1. The third kappa shape index (κ3) is 4.15. The maximum Gasteiger partial charge on any atom is 0.0722 e. The number of hydrogen-bond donors (Lipinski definition) is 0. The van der Waals surface area contributed by atoms with Gasteiger partial charge in [0.05, 0.1) is 33.3 Å². The summed E-state index contributed by atoms with van der Waals surface area (Å²) in [6, 6.07) is 68.4. The molecule has 0 radical (unpaired) electrons. The molecule has 3 heterocycles. The Morgan fingerprint density at radius 1 is 0.315 bits per heavy atom. The van der Waals surface area contributed by atoms with Crippen molar-refractivity contribution in [2.45, 2.75) is 0 Å². The lowest BCUT2D eigenvalue weighted by Gasteiger charge is -2.10. The summed E-state index contributed by atoms with van der Waals surface area (Å²) in [6.45, 7) is 0. The van der Waals surface area contributed by atoms with E-state index in [2.05, 4.69) is 197 Å². The molecule has 0 fully saturated rings. The Balaban J connectivity index is 1.05. The van der Waals surface area contributed by atoms with Crippen molar-refractivity contribution >= 4 is 54.5 Å². The van der Waals surface area contributed by atoms with Crippen LogP contribution in [0.25, 0.3) is 111 Å². The molecule has 0 atom stereocenters. The molecule has 54 heavy (non-hydrogen) atoms. The molecule has 3 aromatic heterocycles. The lowest BCUT2D eigenvalue weighted by Crippen LogP contribution is -1.94. The molecule has 0 saturated carbocycles. The Labute approximate surface area is 311 Å². The van der Waals surface area contributed by atoms with E-state index < -0.39 is 0 Å². The van der Waals surface area contributed by atoms with Crippen molar-refractivity contribution in [3.8, 4) is 56.0 Å². The summed E-state index contributed by atoms with van der Waals surface area (Å²) < 4.78 is 4.78. The van der Waals surface area contributed by atoms with Crippen molar-refractivity contribution in [3.05, 3.63) is 188 Å². The highest BCUT2D eigenvalue weighted by atomic mass is 15.0. The quantitative estimate of drug-likeness (QED) is 0.181. The number of nitrogens with zero attached hydrogens (tertiary/aromatic N) is 3. The molecule has 250 valence electrons. The summed E-state index contributed by atoms with van der Waals surface area (Å²) >= 11 is 0. The molecule has 0 amide bonds. The standard InChI is InChI=1S/C51H31N3/c1-3-12-35(13-4-1)53-47-21-10-9-18-39(47)42-28-32(23-26-48(42)53)33-24-27-49-43(29-33)40-25-22-34(30-50(40)54(49)36-14-5-2-6-15-36)46-31-44-38-17-8-7-16-37(38)41-19-11-20-45(52-46)51(41)44/h1-31H. The molecule has 0 aliphatic heterocycles. The number of rotatable bonds is 4. The Morgan fingerprint density at radius 2 is 0.852 bits per heavy atom. The highest BCUT2D eigenvalue weighted by Crippen LogP contribution is 2.48. The van der Waals surface area contributed by atoms with Crippen LogP contribution in [0, 0.1) is 0 Å². The van der Waals surface area contributed by atoms with E-state index >= 15 is 0 Å². The largest absolute Gasteiger partial charge is 0.309 e. The molecule has 0 unspecified atom stereocenters.